The summed E-state index contributed by atoms with van der Waals surface area (Å²) in [6, 6.07) is 7.56. The number of piperazine rings is 2. The molecule has 1 aliphatic carbocycles. The molecule has 11 rings (SSSR count). The molecule has 7 aromatic rings. The topological polar surface area (TPSA) is 263 Å². The van der Waals surface area contributed by atoms with Gasteiger partial charge in [0.25, 0.3) is 0 Å². The van der Waals surface area contributed by atoms with E-state index in [1.165, 1.54) is 18.5 Å². The number of carbonyl (C=O) groups is 3. The molecule has 4 fully saturated rings. The molecule has 76 heavy (non-hydrogen) atoms. The molecule has 0 amide bonds. The Morgan fingerprint density at radius 3 is 1.67 bits per heavy atom. The molecule has 0 radical (unpaired) electrons. The lowest BCUT2D eigenvalue weighted by atomic mass is 10.1. The highest BCUT2D eigenvalue weighted by molar-refractivity contribution is 5.95. The standard InChI is InChI=1S/C19H15F3N4O3.C17H18FN3O3.C15H17FN4O3/c20-9-1-2-15(13(21)5-9)26-8-12(19(28)29)16(27)11-6-14(22)18(24-17(11)26)25-4-3-10(23)7-25;18-13-7-11-14(8-15(13)20-5-3-19-4-6-20)21(10-1-2-10)9-12(16(11)22)17(23)24;1-2-19-8-10(15(22)23)12(21)9-7-11(16)14(18-13(9)19)20-5-3-17-4-6-20/h1-2,5-6,8,10H,3-4,7,23H2,(H,28,29);7-10,19H,1-6H2,(H,23,24);7-8,17H,2-6H2,1H3,(H,22,23). The Kier molecular flexibility index (Phi) is 14.9. The van der Waals surface area contributed by atoms with E-state index in [1.54, 1.807) is 15.5 Å². The van der Waals surface area contributed by atoms with Gasteiger partial charge in [0, 0.05) is 114 Å². The fourth-order valence-electron chi connectivity index (χ4n) is 9.51. The van der Waals surface area contributed by atoms with Crippen molar-refractivity contribution in [3.05, 3.63) is 138 Å². The van der Waals surface area contributed by atoms with E-state index in [0.717, 1.165) is 74.1 Å². The van der Waals surface area contributed by atoms with Crippen LogP contribution in [0.15, 0.2) is 75.4 Å². The van der Waals surface area contributed by atoms with Crippen LogP contribution in [0, 0.1) is 29.1 Å². The number of nitrogens with one attached hydrogen (secondary N) is 2. The second kappa shape index (κ2) is 21.5. The lowest BCUT2D eigenvalue weighted by Crippen LogP contribution is -2.44. The van der Waals surface area contributed by atoms with Crippen LogP contribution in [0.5, 0.6) is 0 Å². The molecule has 1 unspecified atom stereocenters. The minimum Gasteiger partial charge on any atom is -0.477 e. The number of carboxylic acid groups (broad SMARTS) is 3. The molecule has 5 aromatic heterocycles. The molecular weight excluding hydrogens is 1010 g/mol. The van der Waals surface area contributed by atoms with Crippen molar-refractivity contribution in [2.75, 3.05) is 80.1 Å². The highest BCUT2D eigenvalue weighted by atomic mass is 19.1. The molecule has 8 heterocycles. The van der Waals surface area contributed by atoms with Crippen LogP contribution in [-0.2, 0) is 6.54 Å². The number of halogens is 5. The Bertz CT molecular complexity index is 3670. The van der Waals surface area contributed by atoms with Gasteiger partial charge in [-0.3, -0.25) is 19.0 Å². The van der Waals surface area contributed by atoms with Crippen molar-refractivity contribution in [2.24, 2.45) is 5.73 Å². The number of nitrogens with two attached hydrogens (primary N) is 1. The summed E-state index contributed by atoms with van der Waals surface area (Å²) in [7, 11) is 0. The number of rotatable bonds is 9. The van der Waals surface area contributed by atoms with E-state index in [4.69, 9.17) is 10.8 Å². The highest BCUT2D eigenvalue weighted by Gasteiger charge is 2.30. The van der Waals surface area contributed by atoms with E-state index in [2.05, 4.69) is 20.6 Å². The molecule has 0 bridgehead atoms. The zero-order chi connectivity index (χ0) is 54.3. The van der Waals surface area contributed by atoms with Gasteiger partial charge in [0.15, 0.2) is 28.9 Å². The zero-order valence-electron chi connectivity index (χ0n) is 40.7. The summed E-state index contributed by atoms with van der Waals surface area (Å²) >= 11 is 0. The number of pyridine rings is 5. The number of anilines is 3. The first-order chi connectivity index (χ1) is 36.3. The molecule has 1 atom stereocenters. The number of fused-ring (bicyclic) bond motifs is 3. The van der Waals surface area contributed by atoms with Crippen molar-refractivity contribution in [3.63, 3.8) is 0 Å². The van der Waals surface area contributed by atoms with Crippen molar-refractivity contribution in [1.82, 2.24) is 34.3 Å². The molecular formula is C51H50F5N11O9. The smallest absolute Gasteiger partial charge is 0.341 e. The van der Waals surface area contributed by atoms with E-state index in [0.29, 0.717) is 75.2 Å². The maximum Gasteiger partial charge on any atom is 0.341 e. The van der Waals surface area contributed by atoms with Crippen molar-refractivity contribution in [2.45, 2.75) is 44.8 Å². The van der Waals surface area contributed by atoms with Gasteiger partial charge in [0.1, 0.15) is 39.8 Å². The molecule has 4 aliphatic rings. The Labute approximate surface area is 427 Å². The number of aryl methyl sites for hydroxylation is 1. The van der Waals surface area contributed by atoms with Crippen LogP contribution >= 0.6 is 0 Å². The molecule has 2 aromatic carbocycles. The van der Waals surface area contributed by atoms with E-state index in [-0.39, 0.29) is 62.3 Å². The quantitative estimate of drug-likeness (QED) is 0.110. The number of aromatic nitrogens is 5. The van der Waals surface area contributed by atoms with E-state index >= 15 is 0 Å². The molecule has 1 saturated carbocycles. The Balaban J connectivity index is 0.000000140. The van der Waals surface area contributed by atoms with Crippen LogP contribution in [0.25, 0.3) is 38.7 Å². The summed E-state index contributed by atoms with van der Waals surface area (Å²) < 4.78 is 75.9. The molecule has 20 nitrogen and oxygen atoms in total. The summed E-state index contributed by atoms with van der Waals surface area (Å²) in [5.41, 5.74) is 3.19. The molecule has 398 valence electrons. The number of aromatic carboxylic acids is 3. The number of carboxylic acids is 3. The predicted molar refractivity (Wildman–Crippen MR) is 271 cm³/mol. The van der Waals surface area contributed by atoms with Gasteiger partial charge in [-0.2, -0.15) is 0 Å². The van der Waals surface area contributed by atoms with Crippen molar-refractivity contribution >= 4 is 68.2 Å². The third kappa shape index (κ3) is 10.4. The van der Waals surface area contributed by atoms with Gasteiger partial charge < -0.3 is 55.5 Å². The van der Waals surface area contributed by atoms with Crippen molar-refractivity contribution in [3.8, 4) is 5.69 Å². The Hall–Kier alpha value is -8.29. The fourth-order valence-corrected chi connectivity index (χ4v) is 9.51. The van der Waals surface area contributed by atoms with Crippen molar-refractivity contribution < 1.29 is 51.7 Å². The summed E-state index contributed by atoms with van der Waals surface area (Å²) in [5, 5.41) is 33.9. The second-order valence-electron chi connectivity index (χ2n) is 18.5. The number of hydrogen-bond donors (Lipinski definition) is 6. The van der Waals surface area contributed by atoms with Gasteiger partial charge in [-0.15, -0.1) is 0 Å². The second-order valence-corrected chi connectivity index (χ2v) is 18.5. The zero-order valence-corrected chi connectivity index (χ0v) is 40.7. The Morgan fingerprint density at radius 2 is 1.12 bits per heavy atom. The number of benzene rings is 2. The van der Waals surface area contributed by atoms with Gasteiger partial charge >= 0.3 is 17.9 Å². The first kappa shape index (κ1) is 52.6. The summed E-state index contributed by atoms with van der Waals surface area (Å²) in [6.07, 6.45) is 6.07. The number of nitrogens with zero attached hydrogens (tertiary/aromatic N) is 8. The SMILES string of the molecule is CCn1cc(C(=O)O)c(=O)c2cc(F)c(N3CCNCC3)nc21.NC1CCN(c2nc3c(cc2F)c(=O)c(C(=O)O)cn3-c2ccc(F)cc2F)C1.O=C(O)c1cn(C2CC2)c2cc(N3CCNCC3)c(F)cc2c1=O. The third-order valence-corrected chi connectivity index (χ3v) is 13.5. The van der Waals surface area contributed by atoms with Gasteiger partial charge in [-0.25, -0.2) is 46.3 Å². The van der Waals surface area contributed by atoms with E-state index in [1.807, 2.05) is 21.3 Å². The Morgan fingerprint density at radius 1 is 0.605 bits per heavy atom. The van der Waals surface area contributed by atoms with Crippen LogP contribution in [0.2, 0.25) is 0 Å². The first-order valence-electron chi connectivity index (χ1n) is 24.3. The fraction of sp³-hybridized carbons (Fsp3) is 0.333. The summed E-state index contributed by atoms with van der Waals surface area (Å²) in [6.45, 7) is 8.70. The minimum absolute atomic E-state index is 0.0110. The van der Waals surface area contributed by atoms with Crippen LogP contribution in [0.4, 0.5) is 39.3 Å². The van der Waals surface area contributed by atoms with Crippen LogP contribution in [0.3, 0.4) is 0 Å². The van der Waals surface area contributed by atoms with Crippen LogP contribution in [0.1, 0.15) is 63.3 Å². The summed E-state index contributed by atoms with van der Waals surface area (Å²) in [4.78, 5) is 85.1. The number of hydrogen-bond acceptors (Lipinski definition) is 14. The molecule has 3 aliphatic heterocycles. The van der Waals surface area contributed by atoms with Gasteiger partial charge in [0.2, 0.25) is 16.3 Å². The average Bonchev–Trinajstić information content (AvgIpc) is 4.18. The lowest BCUT2D eigenvalue weighted by molar-refractivity contribution is 0.0684. The van der Waals surface area contributed by atoms with E-state index < -0.39 is 68.8 Å². The first-order valence-corrected chi connectivity index (χ1v) is 24.3. The van der Waals surface area contributed by atoms with Gasteiger partial charge in [-0.05, 0) is 62.6 Å². The van der Waals surface area contributed by atoms with Crippen molar-refractivity contribution in [1.29, 1.82) is 0 Å². The summed E-state index contributed by atoms with van der Waals surface area (Å²) in [5.74, 6) is -7.79. The maximum atomic E-state index is 14.7. The molecule has 3 saturated heterocycles. The maximum absolute atomic E-state index is 14.7. The largest absolute Gasteiger partial charge is 0.477 e. The molecule has 25 heteroatoms. The minimum atomic E-state index is -1.57. The van der Waals surface area contributed by atoms with Gasteiger partial charge in [0.05, 0.1) is 27.7 Å². The lowest BCUT2D eigenvalue weighted by Gasteiger charge is -2.30. The van der Waals surface area contributed by atoms with Crippen LogP contribution in [-0.4, -0.2) is 128 Å². The molecule has 7 N–H and O–H groups in total. The highest BCUT2D eigenvalue weighted by Crippen LogP contribution is 2.38. The average molecular weight is 1060 g/mol. The normalized spacial score (nSPS) is 16.6. The monoisotopic (exact) mass is 1060 g/mol. The van der Waals surface area contributed by atoms with E-state index in [9.17, 15) is 60.9 Å². The molecule has 0 spiro atoms. The predicted octanol–water partition coefficient (Wildman–Crippen LogP) is 4.29. The third-order valence-electron chi connectivity index (χ3n) is 13.5. The van der Waals surface area contributed by atoms with Crippen LogP contribution < -0.4 is 47.4 Å². The van der Waals surface area contributed by atoms with Gasteiger partial charge in [-0.1, -0.05) is 0 Å².